The summed E-state index contributed by atoms with van der Waals surface area (Å²) in [5.74, 6) is -0.974. The highest BCUT2D eigenvalue weighted by molar-refractivity contribution is 6.52. The molecular weight excluding hydrogens is 205 g/mol. The van der Waals surface area contributed by atoms with Crippen LogP contribution in [0.4, 0.5) is 0 Å². The molecule has 0 fully saturated rings. The van der Waals surface area contributed by atoms with Gasteiger partial charge in [0.15, 0.2) is 6.73 Å². The molecular formula is C6H9Cl2NO3. The van der Waals surface area contributed by atoms with Gasteiger partial charge in [0.2, 0.25) is 10.7 Å². The van der Waals surface area contributed by atoms with Gasteiger partial charge in [-0.05, 0) is 0 Å². The fourth-order valence-corrected chi connectivity index (χ4v) is 0.502. The monoisotopic (exact) mass is 213 g/mol. The van der Waals surface area contributed by atoms with Gasteiger partial charge in [0.1, 0.15) is 0 Å². The van der Waals surface area contributed by atoms with Crippen LogP contribution >= 0.6 is 23.2 Å². The number of amides is 1. The summed E-state index contributed by atoms with van der Waals surface area (Å²) >= 11 is 10.3. The van der Waals surface area contributed by atoms with Gasteiger partial charge >= 0.3 is 5.97 Å². The zero-order chi connectivity index (χ0) is 9.56. The lowest BCUT2D eigenvalue weighted by atomic mass is 10.5. The summed E-state index contributed by atoms with van der Waals surface area (Å²) in [5, 5.41) is 2.32. The van der Waals surface area contributed by atoms with E-state index < -0.39 is 10.8 Å². The second-order valence-corrected chi connectivity index (χ2v) is 2.96. The van der Waals surface area contributed by atoms with Crippen LogP contribution in [0.15, 0.2) is 0 Å². The molecule has 0 saturated carbocycles. The van der Waals surface area contributed by atoms with Crippen LogP contribution < -0.4 is 5.32 Å². The Morgan fingerprint density at radius 1 is 1.50 bits per heavy atom. The number of ether oxygens (including phenoxy) is 1. The van der Waals surface area contributed by atoms with Gasteiger partial charge in [-0.15, -0.1) is 0 Å². The van der Waals surface area contributed by atoms with Crippen molar-refractivity contribution in [3.8, 4) is 0 Å². The van der Waals surface area contributed by atoms with Crippen LogP contribution in [-0.4, -0.2) is 23.4 Å². The van der Waals surface area contributed by atoms with E-state index in [-0.39, 0.29) is 12.6 Å². The van der Waals surface area contributed by atoms with Crippen molar-refractivity contribution in [2.24, 2.45) is 0 Å². The molecule has 12 heavy (non-hydrogen) atoms. The molecule has 0 aliphatic heterocycles. The summed E-state index contributed by atoms with van der Waals surface area (Å²) in [6, 6.07) is 0. The molecule has 0 aliphatic rings. The first-order valence-electron chi connectivity index (χ1n) is 3.29. The first-order valence-corrected chi connectivity index (χ1v) is 4.16. The molecule has 0 rings (SSSR count). The van der Waals surface area contributed by atoms with Gasteiger partial charge in [0.25, 0.3) is 0 Å². The van der Waals surface area contributed by atoms with Crippen molar-refractivity contribution in [1.29, 1.82) is 0 Å². The quantitative estimate of drug-likeness (QED) is 0.428. The van der Waals surface area contributed by atoms with Crippen molar-refractivity contribution in [2.45, 2.75) is 18.2 Å². The number of esters is 1. The minimum Gasteiger partial charge on any atom is -0.442 e. The first kappa shape index (κ1) is 11.5. The highest BCUT2D eigenvalue weighted by Gasteiger charge is 2.12. The molecule has 0 unspecified atom stereocenters. The lowest BCUT2D eigenvalue weighted by Crippen LogP contribution is -2.28. The van der Waals surface area contributed by atoms with Crippen molar-refractivity contribution in [3.63, 3.8) is 0 Å². The van der Waals surface area contributed by atoms with Gasteiger partial charge in [-0.2, -0.15) is 0 Å². The van der Waals surface area contributed by atoms with Crippen molar-refractivity contribution in [1.82, 2.24) is 5.32 Å². The third-order valence-corrected chi connectivity index (χ3v) is 1.34. The second-order valence-electron chi connectivity index (χ2n) is 1.86. The molecule has 70 valence electrons. The second kappa shape index (κ2) is 6.08. The van der Waals surface area contributed by atoms with Gasteiger partial charge < -0.3 is 10.1 Å². The van der Waals surface area contributed by atoms with E-state index in [0.29, 0.717) is 6.42 Å². The van der Waals surface area contributed by atoms with Crippen molar-refractivity contribution < 1.29 is 14.3 Å². The Hall–Kier alpha value is -0.480. The van der Waals surface area contributed by atoms with Crippen LogP contribution in [0.3, 0.4) is 0 Å². The van der Waals surface area contributed by atoms with Crippen LogP contribution in [0.25, 0.3) is 0 Å². The van der Waals surface area contributed by atoms with Crippen LogP contribution in [0.5, 0.6) is 0 Å². The number of nitrogens with one attached hydrogen (secondary N) is 1. The Kier molecular flexibility index (Phi) is 5.84. The van der Waals surface area contributed by atoms with Crippen molar-refractivity contribution >= 4 is 35.1 Å². The number of carbonyl (C=O) groups is 2. The van der Waals surface area contributed by atoms with Crippen LogP contribution in [0.2, 0.25) is 0 Å². The summed E-state index contributed by atoms with van der Waals surface area (Å²) < 4.78 is 4.44. The van der Waals surface area contributed by atoms with E-state index >= 15 is 0 Å². The summed E-state index contributed by atoms with van der Waals surface area (Å²) in [7, 11) is 0. The third kappa shape index (κ3) is 5.21. The van der Waals surface area contributed by atoms with E-state index in [4.69, 9.17) is 23.2 Å². The summed E-state index contributed by atoms with van der Waals surface area (Å²) in [4.78, 5) is 20.0. The Morgan fingerprint density at radius 2 is 2.08 bits per heavy atom. The highest BCUT2D eigenvalue weighted by Crippen LogP contribution is 2.02. The molecule has 0 radical (unpaired) electrons. The molecule has 1 amide bonds. The summed E-state index contributed by atoms with van der Waals surface area (Å²) in [5.41, 5.74) is 0. The minimum absolute atomic E-state index is 0.193. The first-order chi connectivity index (χ1) is 5.57. The Labute approximate surface area is 80.2 Å². The Bertz CT molecular complexity index is 172. The third-order valence-electron chi connectivity index (χ3n) is 0.983. The van der Waals surface area contributed by atoms with Gasteiger partial charge in [-0.1, -0.05) is 30.1 Å². The highest BCUT2D eigenvalue weighted by atomic mass is 35.5. The molecule has 0 aromatic rings. The fraction of sp³-hybridized carbons (Fsp3) is 0.667. The van der Waals surface area contributed by atoms with Crippen molar-refractivity contribution in [2.75, 3.05) is 6.73 Å². The maximum absolute atomic E-state index is 10.6. The molecule has 0 aromatic heterocycles. The molecule has 0 heterocycles. The smallest absolute Gasteiger partial charge is 0.341 e. The number of carbonyl (C=O) groups excluding carboxylic acids is 2. The molecule has 4 nitrogen and oxygen atoms in total. The zero-order valence-corrected chi connectivity index (χ0v) is 7.98. The average molecular weight is 214 g/mol. The number of hydrogen-bond donors (Lipinski definition) is 1. The molecule has 6 heteroatoms. The largest absolute Gasteiger partial charge is 0.442 e. The molecule has 1 N–H and O–H groups in total. The lowest BCUT2D eigenvalue weighted by Gasteiger charge is -2.05. The van der Waals surface area contributed by atoms with Crippen LogP contribution in [0, 0.1) is 0 Å². The molecule has 0 aliphatic carbocycles. The minimum atomic E-state index is -1.21. The standard InChI is InChI=1S/C6H9Cl2NO3/c1-2-4(10)9-3-12-6(11)5(7)8/h5H,2-3H2,1H3,(H,9,10). The lowest BCUT2D eigenvalue weighted by molar-refractivity contribution is -0.143. The molecule has 0 aromatic carbocycles. The summed E-state index contributed by atoms with van der Waals surface area (Å²) in [6.45, 7) is 1.49. The van der Waals surface area contributed by atoms with E-state index in [9.17, 15) is 9.59 Å². The predicted octanol–water partition coefficient (Wildman–Crippen LogP) is 0.817. The normalized spacial score (nSPS) is 9.67. The van der Waals surface area contributed by atoms with Gasteiger partial charge in [-0.3, -0.25) is 4.79 Å². The molecule has 0 saturated heterocycles. The van der Waals surface area contributed by atoms with E-state index in [1.807, 2.05) is 0 Å². The van der Waals surface area contributed by atoms with E-state index in [2.05, 4.69) is 10.1 Å². The maximum atomic E-state index is 10.6. The van der Waals surface area contributed by atoms with E-state index in [1.165, 1.54) is 0 Å². The SMILES string of the molecule is CCC(=O)NCOC(=O)C(Cl)Cl. The molecule has 0 bridgehead atoms. The van der Waals surface area contributed by atoms with Gasteiger partial charge in [-0.25, -0.2) is 4.79 Å². The number of hydrogen-bond acceptors (Lipinski definition) is 3. The predicted molar refractivity (Wildman–Crippen MR) is 44.9 cm³/mol. The van der Waals surface area contributed by atoms with E-state index in [1.54, 1.807) is 6.92 Å². The van der Waals surface area contributed by atoms with Gasteiger partial charge in [0, 0.05) is 6.42 Å². The summed E-state index contributed by atoms with van der Waals surface area (Å²) in [6.07, 6.45) is 0.336. The topological polar surface area (TPSA) is 55.4 Å². The van der Waals surface area contributed by atoms with Gasteiger partial charge in [0.05, 0.1) is 0 Å². The Balaban J connectivity index is 3.44. The maximum Gasteiger partial charge on any atom is 0.341 e. The van der Waals surface area contributed by atoms with Crippen LogP contribution in [0.1, 0.15) is 13.3 Å². The van der Waals surface area contributed by atoms with E-state index in [0.717, 1.165) is 0 Å². The number of halogens is 2. The number of rotatable bonds is 4. The number of alkyl halides is 2. The fourth-order valence-electron chi connectivity index (χ4n) is 0.376. The van der Waals surface area contributed by atoms with Crippen molar-refractivity contribution in [3.05, 3.63) is 0 Å². The molecule has 0 spiro atoms. The van der Waals surface area contributed by atoms with Crippen LogP contribution in [-0.2, 0) is 14.3 Å². The average Bonchev–Trinajstić information content (AvgIpc) is 2.03. The Morgan fingerprint density at radius 3 is 2.50 bits per heavy atom. The molecule has 0 atom stereocenters. The zero-order valence-electron chi connectivity index (χ0n) is 6.47.